The van der Waals surface area contributed by atoms with Gasteiger partial charge in [0.25, 0.3) is 0 Å². The molecule has 0 amide bonds. The molecule has 0 spiro atoms. The van der Waals surface area contributed by atoms with E-state index in [1.165, 1.54) is 0 Å². The first-order chi connectivity index (χ1) is 14.1. The van der Waals surface area contributed by atoms with Gasteiger partial charge in [-0.25, -0.2) is 0 Å². The van der Waals surface area contributed by atoms with E-state index in [0.717, 1.165) is 29.2 Å². The van der Waals surface area contributed by atoms with Crippen molar-refractivity contribution in [1.82, 2.24) is 15.5 Å². The van der Waals surface area contributed by atoms with Gasteiger partial charge in [0.1, 0.15) is 24.7 Å². The zero-order valence-electron chi connectivity index (χ0n) is 17.6. The molecule has 0 radical (unpaired) electrons. The van der Waals surface area contributed by atoms with Gasteiger partial charge in [-0.05, 0) is 26.2 Å². The molecule has 0 saturated carbocycles. The van der Waals surface area contributed by atoms with Gasteiger partial charge in [-0.2, -0.15) is 0 Å². The summed E-state index contributed by atoms with van der Waals surface area (Å²) in [6.07, 6.45) is 1.74. The molecule has 0 heterocycles. The molecule has 2 N–H and O–H groups in total. The van der Waals surface area contributed by atoms with E-state index in [9.17, 15) is 0 Å². The van der Waals surface area contributed by atoms with Gasteiger partial charge in [0, 0.05) is 37.8 Å². The first kappa shape index (κ1) is 22.3. The van der Waals surface area contributed by atoms with Gasteiger partial charge in [-0.3, -0.25) is 4.99 Å². The highest BCUT2D eigenvalue weighted by Gasteiger charge is 2.07. The first-order valence-electron chi connectivity index (χ1n) is 9.75. The molecule has 0 atom stereocenters. The second-order valence-electron chi connectivity index (χ2n) is 6.75. The molecule has 6 nitrogen and oxygen atoms in total. The predicted molar refractivity (Wildman–Crippen MR) is 120 cm³/mol. The number of hydrogen-bond acceptors (Lipinski definition) is 4. The Labute approximate surface area is 174 Å². The van der Waals surface area contributed by atoms with Crippen LogP contribution in [0.5, 0.6) is 11.5 Å². The molecule has 2 aromatic rings. The topological polar surface area (TPSA) is 58.1 Å². The second kappa shape index (κ2) is 12.5. The largest absolute Gasteiger partial charge is 0.492 e. The minimum Gasteiger partial charge on any atom is -0.492 e. The SMILES string of the molecule is C=CCOc1ccccc1CNC(=NC)NCc1ccccc1OCCN(C)C. The van der Waals surface area contributed by atoms with Crippen molar-refractivity contribution in [2.75, 3.05) is 40.9 Å². The Morgan fingerprint density at radius 3 is 2.03 bits per heavy atom. The van der Waals surface area contributed by atoms with Crippen LogP contribution in [0, 0.1) is 0 Å². The Morgan fingerprint density at radius 2 is 1.52 bits per heavy atom. The lowest BCUT2D eigenvalue weighted by Crippen LogP contribution is -2.36. The van der Waals surface area contributed by atoms with Crippen molar-refractivity contribution in [3.63, 3.8) is 0 Å². The lowest BCUT2D eigenvalue weighted by atomic mass is 10.2. The maximum absolute atomic E-state index is 5.93. The first-order valence-corrected chi connectivity index (χ1v) is 9.75. The van der Waals surface area contributed by atoms with Crippen LogP contribution >= 0.6 is 0 Å². The summed E-state index contributed by atoms with van der Waals surface area (Å²) in [6.45, 7) is 6.93. The molecular weight excluding hydrogens is 364 g/mol. The van der Waals surface area contributed by atoms with Crippen LogP contribution in [0.3, 0.4) is 0 Å². The third-order valence-corrected chi connectivity index (χ3v) is 4.21. The summed E-state index contributed by atoms with van der Waals surface area (Å²) in [5.74, 6) is 2.45. The van der Waals surface area contributed by atoms with Crippen molar-refractivity contribution in [2.24, 2.45) is 4.99 Å². The van der Waals surface area contributed by atoms with Gasteiger partial charge in [0.05, 0.1) is 0 Å². The highest BCUT2D eigenvalue weighted by molar-refractivity contribution is 5.79. The average Bonchev–Trinajstić information content (AvgIpc) is 2.73. The number of aliphatic imine (C=N–C) groups is 1. The lowest BCUT2D eigenvalue weighted by molar-refractivity contribution is 0.259. The number of ether oxygens (including phenoxy) is 2. The van der Waals surface area contributed by atoms with Crippen molar-refractivity contribution < 1.29 is 9.47 Å². The second-order valence-corrected chi connectivity index (χ2v) is 6.75. The predicted octanol–water partition coefficient (Wildman–Crippen LogP) is 3.06. The summed E-state index contributed by atoms with van der Waals surface area (Å²) in [5.41, 5.74) is 2.15. The van der Waals surface area contributed by atoms with Crippen LogP contribution in [0.2, 0.25) is 0 Å². The Hall–Kier alpha value is -2.99. The maximum atomic E-state index is 5.93. The van der Waals surface area contributed by atoms with Gasteiger partial charge in [0.15, 0.2) is 5.96 Å². The molecule has 29 heavy (non-hydrogen) atoms. The van der Waals surface area contributed by atoms with Crippen molar-refractivity contribution >= 4 is 5.96 Å². The summed E-state index contributed by atoms with van der Waals surface area (Å²) in [6, 6.07) is 16.0. The molecule has 0 aliphatic carbocycles. The van der Waals surface area contributed by atoms with E-state index in [2.05, 4.69) is 33.2 Å². The Balaban J connectivity index is 1.91. The minimum absolute atomic E-state index is 0.481. The smallest absolute Gasteiger partial charge is 0.191 e. The molecule has 0 aromatic heterocycles. The van der Waals surface area contributed by atoms with Crippen molar-refractivity contribution in [3.8, 4) is 11.5 Å². The summed E-state index contributed by atoms with van der Waals surface area (Å²) >= 11 is 0. The summed E-state index contributed by atoms with van der Waals surface area (Å²) in [4.78, 5) is 6.42. The molecule has 0 saturated heterocycles. The standard InChI is InChI=1S/C23H32N4O2/c1-5-15-28-21-12-8-6-10-19(21)17-25-23(24-2)26-18-20-11-7-9-13-22(20)29-16-14-27(3)4/h5-13H,1,14-18H2,2-4H3,(H2,24,25,26). The molecule has 0 aliphatic heterocycles. The Kier molecular flexibility index (Phi) is 9.59. The van der Waals surface area contributed by atoms with Gasteiger partial charge in [-0.1, -0.05) is 49.1 Å². The van der Waals surface area contributed by atoms with Crippen LogP contribution in [0.25, 0.3) is 0 Å². The van der Waals surface area contributed by atoms with E-state index in [-0.39, 0.29) is 0 Å². The van der Waals surface area contributed by atoms with E-state index in [0.29, 0.717) is 32.3 Å². The quantitative estimate of drug-likeness (QED) is 0.347. The summed E-state index contributed by atoms with van der Waals surface area (Å²) < 4.78 is 11.6. The molecule has 0 unspecified atom stereocenters. The third kappa shape index (κ3) is 7.87. The monoisotopic (exact) mass is 396 g/mol. The van der Waals surface area contributed by atoms with E-state index < -0.39 is 0 Å². The maximum Gasteiger partial charge on any atom is 0.191 e. The molecule has 0 bridgehead atoms. The molecule has 0 fully saturated rings. The molecule has 2 rings (SSSR count). The average molecular weight is 397 g/mol. The number of hydrogen-bond donors (Lipinski definition) is 2. The number of nitrogens with one attached hydrogen (secondary N) is 2. The van der Waals surface area contributed by atoms with E-state index >= 15 is 0 Å². The lowest BCUT2D eigenvalue weighted by Gasteiger charge is -2.16. The zero-order valence-corrected chi connectivity index (χ0v) is 17.6. The van der Waals surface area contributed by atoms with Gasteiger partial charge >= 0.3 is 0 Å². The third-order valence-electron chi connectivity index (χ3n) is 4.21. The number of benzene rings is 2. The fourth-order valence-corrected chi connectivity index (χ4v) is 2.65. The van der Waals surface area contributed by atoms with Gasteiger partial charge in [0.2, 0.25) is 0 Å². The minimum atomic E-state index is 0.481. The fourth-order valence-electron chi connectivity index (χ4n) is 2.65. The number of guanidine groups is 1. The van der Waals surface area contributed by atoms with Gasteiger partial charge in [-0.15, -0.1) is 0 Å². The Bertz CT molecular complexity index is 790. The zero-order chi connectivity index (χ0) is 20.9. The Morgan fingerprint density at radius 1 is 0.966 bits per heavy atom. The summed E-state index contributed by atoms with van der Waals surface area (Å²) in [7, 11) is 5.83. The van der Waals surface area contributed by atoms with Crippen LogP contribution in [-0.4, -0.2) is 51.8 Å². The van der Waals surface area contributed by atoms with Crippen molar-refractivity contribution in [2.45, 2.75) is 13.1 Å². The summed E-state index contributed by atoms with van der Waals surface area (Å²) in [5, 5.41) is 6.69. The van der Waals surface area contributed by atoms with Crippen LogP contribution in [0.4, 0.5) is 0 Å². The molecule has 156 valence electrons. The van der Waals surface area contributed by atoms with Crippen LogP contribution < -0.4 is 20.1 Å². The highest BCUT2D eigenvalue weighted by Crippen LogP contribution is 2.19. The van der Waals surface area contributed by atoms with Crippen LogP contribution in [0.15, 0.2) is 66.2 Å². The number of rotatable bonds is 11. The number of nitrogens with zero attached hydrogens (tertiary/aromatic N) is 2. The fraction of sp³-hybridized carbons (Fsp3) is 0.348. The normalized spacial score (nSPS) is 11.2. The molecule has 2 aromatic carbocycles. The van der Waals surface area contributed by atoms with Crippen molar-refractivity contribution in [1.29, 1.82) is 0 Å². The molecular formula is C23H32N4O2. The van der Waals surface area contributed by atoms with Gasteiger partial charge < -0.3 is 25.0 Å². The number of para-hydroxylation sites is 2. The number of likely N-dealkylation sites (N-methyl/N-ethyl adjacent to an activating group) is 1. The van der Waals surface area contributed by atoms with E-state index in [1.54, 1.807) is 13.1 Å². The van der Waals surface area contributed by atoms with E-state index in [1.807, 2.05) is 56.6 Å². The van der Waals surface area contributed by atoms with Crippen LogP contribution in [0.1, 0.15) is 11.1 Å². The van der Waals surface area contributed by atoms with Crippen LogP contribution in [-0.2, 0) is 13.1 Å². The molecule has 6 heteroatoms. The van der Waals surface area contributed by atoms with Crippen molar-refractivity contribution in [3.05, 3.63) is 72.3 Å². The highest BCUT2D eigenvalue weighted by atomic mass is 16.5. The molecule has 0 aliphatic rings. The van der Waals surface area contributed by atoms with E-state index in [4.69, 9.17) is 9.47 Å².